The Kier molecular flexibility index (Phi) is 5.83. The highest BCUT2D eigenvalue weighted by Crippen LogP contribution is 2.21. The average Bonchev–Trinajstić information content (AvgIpc) is 3.17. The van der Waals surface area contributed by atoms with Crippen LogP contribution in [0.4, 0.5) is 15.8 Å². The van der Waals surface area contributed by atoms with E-state index < -0.39 is 26.8 Å². The van der Waals surface area contributed by atoms with E-state index in [0.717, 1.165) is 12.3 Å². The summed E-state index contributed by atoms with van der Waals surface area (Å²) < 4.78 is 46.8. The first kappa shape index (κ1) is 20.3. The SMILES string of the molecule is CCOc1ccc(NS(=O)(=O)c2[nH]ncc2C(=O)Nc2ccc(C)c(F)c2)cc1. The first-order valence-corrected chi connectivity index (χ1v) is 10.1. The number of rotatable bonds is 7. The lowest BCUT2D eigenvalue weighted by Crippen LogP contribution is -2.19. The van der Waals surface area contributed by atoms with Gasteiger partial charge in [0.2, 0.25) is 0 Å². The second-order valence-corrected chi connectivity index (χ2v) is 7.71. The van der Waals surface area contributed by atoms with Crippen LogP contribution in [0.5, 0.6) is 5.75 Å². The fraction of sp³-hybridized carbons (Fsp3) is 0.158. The topological polar surface area (TPSA) is 113 Å². The number of hydrogen-bond donors (Lipinski definition) is 3. The number of carbonyl (C=O) groups is 1. The van der Waals surface area contributed by atoms with Gasteiger partial charge in [-0.05, 0) is 55.8 Å². The van der Waals surface area contributed by atoms with Gasteiger partial charge in [-0.3, -0.25) is 14.6 Å². The number of benzene rings is 2. The van der Waals surface area contributed by atoms with Crippen molar-refractivity contribution in [2.24, 2.45) is 0 Å². The quantitative estimate of drug-likeness (QED) is 0.545. The van der Waals surface area contributed by atoms with Gasteiger partial charge in [0.25, 0.3) is 15.9 Å². The second kappa shape index (κ2) is 8.31. The number of sulfonamides is 1. The lowest BCUT2D eigenvalue weighted by molar-refractivity contribution is 0.102. The standard InChI is InChI=1S/C19H19FN4O4S/c1-3-28-15-8-6-13(7-9-15)24-29(26,27)19-16(11-21-23-19)18(25)22-14-5-4-12(2)17(20)10-14/h4-11,24H,3H2,1-2H3,(H,21,23)(H,22,25). The monoisotopic (exact) mass is 418 g/mol. The minimum Gasteiger partial charge on any atom is -0.494 e. The molecule has 0 aliphatic carbocycles. The third-order valence-corrected chi connectivity index (χ3v) is 5.32. The third-order valence-electron chi connectivity index (χ3n) is 3.96. The summed E-state index contributed by atoms with van der Waals surface area (Å²) >= 11 is 0. The van der Waals surface area contributed by atoms with Crippen molar-refractivity contribution in [3.05, 3.63) is 65.6 Å². The number of nitrogens with zero attached hydrogens (tertiary/aromatic N) is 1. The summed E-state index contributed by atoms with van der Waals surface area (Å²) in [4.78, 5) is 12.5. The molecule has 10 heteroatoms. The first-order valence-electron chi connectivity index (χ1n) is 8.66. The lowest BCUT2D eigenvalue weighted by atomic mass is 10.2. The highest BCUT2D eigenvalue weighted by molar-refractivity contribution is 7.92. The van der Waals surface area contributed by atoms with Gasteiger partial charge in [0, 0.05) is 11.4 Å². The van der Waals surface area contributed by atoms with Crippen molar-refractivity contribution in [1.29, 1.82) is 0 Å². The van der Waals surface area contributed by atoms with Crippen LogP contribution in [0.3, 0.4) is 0 Å². The van der Waals surface area contributed by atoms with Gasteiger partial charge in [0.1, 0.15) is 11.6 Å². The van der Waals surface area contributed by atoms with Crippen LogP contribution in [-0.2, 0) is 10.0 Å². The number of ether oxygens (including phenoxy) is 1. The number of aromatic amines is 1. The van der Waals surface area contributed by atoms with E-state index in [2.05, 4.69) is 20.2 Å². The number of hydrogen-bond acceptors (Lipinski definition) is 5. The van der Waals surface area contributed by atoms with E-state index in [-0.39, 0.29) is 16.9 Å². The van der Waals surface area contributed by atoms with Crippen LogP contribution in [-0.4, -0.2) is 31.1 Å². The molecule has 3 aromatic rings. The highest BCUT2D eigenvalue weighted by atomic mass is 32.2. The number of H-pyrrole nitrogens is 1. The number of nitrogens with one attached hydrogen (secondary N) is 3. The van der Waals surface area contributed by atoms with Gasteiger partial charge in [-0.2, -0.15) is 13.5 Å². The van der Waals surface area contributed by atoms with Crippen LogP contribution in [0.25, 0.3) is 0 Å². The van der Waals surface area contributed by atoms with Gasteiger partial charge in [-0.1, -0.05) is 6.07 Å². The van der Waals surface area contributed by atoms with Gasteiger partial charge in [0.15, 0.2) is 5.03 Å². The Morgan fingerprint density at radius 3 is 2.52 bits per heavy atom. The first-order chi connectivity index (χ1) is 13.8. The van der Waals surface area contributed by atoms with E-state index in [1.807, 2.05) is 6.92 Å². The summed E-state index contributed by atoms with van der Waals surface area (Å²) in [7, 11) is -4.12. The summed E-state index contributed by atoms with van der Waals surface area (Å²) in [6, 6.07) is 10.5. The van der Waals surface area contributed by atoms with E-state index in [9.17, 15) is 17.6 Å². The Balaban J connectivity index is 1.80. The predicted molar refractivity (Wildman–Crippen MR) is 106 cm³/mol. The molecule has 0 radical (unpaired) electrons. The van der Waals surface area contributed by atoms with Gasteiger partial charge in [-0.25, -0.2) is 4.39 Å². The molecular formula is C19H19FN4O4S. The molecule has 8 nitrogen and oxygen atoms in total. The molecule has 3 rings (SSSR count). The smallest absolute Gasteiger partial charge is 0.279 e. The van der Waals surface area contributed by atoms with E-state index in [0.29, 0.717) is 17.9 Å². The molecule has 1 aromatic heterocycles. The molecule has 3 N–H and O–H groups in total. The minimum absolute atomic E-state index is 0.196. The zero-order chi connectivity index (χ0) is 21.0. The molecule has 1 amide bonds. The van der Waals surface area contributed by atoms with Gasteiger partial charge >= 0.3 is 0 Å². The van der Waals surface area contributed by atoms with Crippen LogP contribution in [0.2, 0.25) is 0 Å². The normalized spacial score (nSPS) is 11.1. The van der Waals surface area contributed by atoms with Crippen LogP contribution < -0.4 is 14.8 Å². The maximum Gasteiger partial charge on any atom is 0.279 e. The van der Waals surface area contributed by atoms with Crippen LogP contribution >= 0.6 is 0 Å². The molecule has 0 saturated carbocycles. The van der Waals surface area contributed by atoms with Crippen molar-refractivity contribution < 1.29 is 22.3 Å². The molecule has 0 aliphatic rings. The van der Waals surface area contributed by atoms with Gasteiger partial charge < -0.3 is 10.1 Å². The molecule has 29 heavy (non-hydrogen) atoms. The number of carbonyl (C=O) groups excluding carboxylic acids is 1. The Labute approximate surface area is 167 Å². The highest BCUT2D eigenvalue weighted by Gasteiger charge is 2.25. The summed E-state index contributed by atoms with van der Waals surface area (Å²) in [5.74, 6) is -0.628. The van der Waals surface area contributed by atoms with Gasteiger partial charge in [-0.15, -0.1) is 0 Å². The Hall–Kier alpha value is -3.40. The summed E-state index contributed by atoms with van der Waals surface area (Å²) in [5.41, 5.74) is 0.704. The molecule has 0 atom stereocenters. The van der Waals surface area contributed by atoms with Crippen molar-refractivity contribution in [2.45, 2.75) is 18.9 Å². The fourth-order valence-electron chi connectivity index (χ4n) is 2.50. The van der Waals surface area contributed by atoms with E-state index >= 15 is 0 Å². The minimum atomic E-state index is -4.12. The second-order valence-electron chi connectivity index (χ2n) is 6.09. The molecule has 2 aromatic carbocycles. The molecule has 0 fully saturated rings. The molecule has 0 spiro atoms. The van der Waals surface area contributed by atoms with Gasteiger partial charge in [0.05, 0.1) is 18.4 Å². The molecule has 0 unspecified atom stereocenters. The molecule has 152 valence electrons. The van der Waals surface area contributed by atoms with Crippen molar-refractivity contribution in [3.8, 4) is 5.75 Å². The Morgan fingerprint density at radius 1 is 1.17 bits per heavy atom. The molecule has 1 heterocycles. The zero-order valence-corrected chi connectivity index (χ0v) is 16.5. The maximum atomic E-state index is 13.7. The molecule has 0 aliphatic heterocycles. The number of halogens is 1. The van der Waals surface area contributed by atoms with Crippen molar-refractivity contribution in [2.75, 3.05) is 16.6 Å². The Bertz CT molecular complexity index is 1130. The van der Waals surface area contributed by atoms with E-state index in [4.69, 9.17) is 4.74 Å². The van der Waals surface area contributed by atoms with E-state index in [1.165, 1.54) is 24.3 Å². The van der Waals surface area contributed by atoms with Crippen LogP contribution in [0.1, 0.15) is 22.8 Å². The van der Waals surface area contributed by atoms with Crippen molar-refractivity contribution in [1.82, 2.24) is 10.2 Å². The molecule has 0 bridgehead atoms. The lowest BCUT2D eigenvalue weighted by Gasteiger charge is -2.10. The van der Waals surface area contributed by atoms with Crippen molar-refractivity contribution >= 4 is 27.3 Å². The Morgan fingerprint density at radius 2 is 1.86 bits per heavy atom. The van der Waals surface area contributed by atoms with Crippen LogP contribution in [0.15, 0.2) is 53.7 Å². The summed E-state index contributed by atoms with van der Waals surface area (Å²) in [6.45, 7) is 3.92. The largest absolute Gasteiger partial charge is 0.494 e. The van der Waals surface area contributed by atoms with Crippen molar-refractivity contribution in [3.63, 3.8) is 0 Å². The fourth-order valence-corrected chi connectivity index (χ4v) is 3.66. The third kappa shape index (κ3) is 4.72. The molecular weight excluding hydrogens is 399 g/mol. The summed E-state index contributed by atoms with van der Waals surface area (Å²) in [5, 5.41) is 8.05. The maximum absolute atomic E-state index is 13.7. The number of aryl methyl sites for hydroxylation is 1. The number of aromatic nitrogens is 2. The average molecular weight is 418 g/mol. The number of amides is 1. The van der Waals surface area contributed by atoms with E-state index in [1.54, 1.807) is 19.1 Å². The van der Waals surface area contributed by atoms with Crippen LogP contribution in [0, 0.1) is 12.7 Å². The zero-order valence-electron chi connectivity index (χ0n) is 15.7. The number of anilines is 2. The summed E-state index contributed by atoms with van der Waals surface area (Å²) in [6.07, 6.45) is 1.09. The molecule has 0 saturated heterocycles. The predicted octanol–water partition coefficient (Wildman–Crippen LogP) is 3.31.